The van der Waals surface area contributed by atoms with Crippen LogP contribution in [-0.2, 0) is 19.9 Å². The first-order chi connectivity index (χ1) is 12.4. The first-order valence-corrected chi connectivity index (χ1v) is 9.56. The Kier molecular flexibility index (Phi) is 5.61. The van der Waals surface area contributed by atoms with Crippen LogP contribution in [0.5, 0.6) is 0 Å². The highest BCUT2D eigenvalue weighted by molar-refractivity contribution is 5.10. The van der Waals surface area contributed by atoms with E-state index in [2.05, 4.69) is 35.9 Å². The van der Waals surface area contributed by atoms with Crippen molar-refractivity contribution >= 4 is 0 Å². The predicted octanol–water partition coefficient (Wildman–Crippen LogP) is 3.62. The van der Waals surface area contributed by atoms with Crippen molar-refractivity contribution in [3.8, 4) is 0 Å². The molecule has 2 aromatic heterocycles. The van der Waals surface area contributed by atoms with Crippen LogP contribution in [0.15, 0.2) is 29.2 Å². The molecule has 6 nitrogen and oxygen atoms in total. The molecule has 1 N–H and O–H groups in total. The Hall–Kier alpha value is -1.95. The molecular weight excluding hydrogens is 326 g/mol. The van der Waals surface area contributed by atoms with E-state index in [1.807, 2.05) is 31.2 Å². The minimum absolute atomic E-state index is 0.0241. The second-order valence-electron chi connectivity index (χ2n) is 8.10. The Bertz CT molecular complexity index is 749. The number of rotatable bonds is 7. The average Bonchev–Trinajstić information content (AvgIpc) is 3.20. The molecule has 1 aliphatic carbocycles. The molecule has 1 fully saturated rings. The van der Waals surface area contributed by atoms with E-state index in [9.17, 15) is 0 Å². The van der Waals surface area contributed by atoms with Crippen molar-refractivity contribution in [1.82, 2.24) is 25.0 Å². The van der Waals surface area contributed by atoms with Gasteiger partial charge in [0, 0.05) is 26.1 Å². The number of hydrogen-bond donors (Lipinski definition) is 1. The van der Waals surface area contributed by atoms with E-state index in [0.717, 1.165) is 43.6 Å². The van der Waals surface area contributed by atoms with Crippen molar-refractivity contribution in [2.24, 2.45) is 18.4 Å². The van der Waals surface area contributed by atoms with Crippen LogP contribution in [0.3, 0.4) is 0 Å². The third-order valence-electron chi connectivity index (χ3n) is 5.63. The molecule has 0 bridgehead atoms. The summed E-state index contributed by atoms with van der Waals surface area (Å²) in [7, 11) is 3.89. The lowest BCUT2D eigenvalue weighted by Crippen LogP contribution is -2.31. The van der Waals surface area contributed by atoms with E-state index < -0.39 is 0 Å². The first kappa shape index (κ1) is 18.8. The summed E-state index contributed by atoms with van der Waals surface area (Å²) in [5, 5.41) is 7.56. The number of nitrogens with zero attached hydrogens (tertiary/aromatic N) is 4. The van der Waals surface area contributed by atoms with Crippen LogP contribution in [0.4, 0.5) is 0 Å². The van der Waals surface area contributed by atoms with Gasteiger partial charge in [-0.1, -0.05) is 31.2 Å². The smallest absolute Gasteiger partial charge is 0.244 e. The molecule has 3 rings (SSSR count). The second kappa shape index (κ2) is 7.74. The zero-order chi connectivity index (χ0) is 18.7. The maximum Gasteiger partial charge on any atom is 0.244 e. The van der Waals surface area contributed by atoms with E-state index in [-0.39, 0.29) is 11.5 Å². The van der Waals surface area contributed by atoms with Crippen LogP contribution in [0.2, 0.25) is 0 Å². The standard InChI is InChI=1S/C20H31N5O/c1-6-20(9-14(2)7-15(3)10-20)11-18-23-19(26-24-18)17(21-4)8-16-12-25(5)13-22-16/h12-13,15,17,21H,2,6-11H2,1,3-5H3. The molecule has 142 valence electrons. The van der Waals surface area contributed by atoms with Gasteiger partial charge in [-0.25, -0.2) is 4.98 Å². The lowest BCUT2D eigenvalue weighted by molar-refractivity contribution is 0.169. The molecule has 3 unspecified atom stereocenters. The Morgan fingerprint density at radius 1 is 1.50 bits per heavy atom. The number of likely N-dealkylation sites (N-methyl/N-ethyl adjacent to an activating group) is 1. The Morgan fingerprint density at radius 3 is 2.92 bits per heavy atom. The van der Waals surface area contributed by atoms with Crippen molar-refractivity contribution in [3.63, 3.8) is 0 Å². The number of nitrogens with one attached hydrogen (secondary N) is 1. The van der Waals surface area contributed by atoms with Gasteiger partial charge in [-0.15, -0.1) is 0 Å². The summed E-state index contributed by atoms with van der Waals surface area (Å²) in [5.41, 5.74) is 2.58. The summed E-state index contributed by atoms with van der Waals surface area (Å²) in [6.07, 6.45) is 9.94. The summed E-state index contributed by atoms with van der Waals surface area (Å²) in [4.78, 5) is 9.11. The largest absolute Gasteiger partial charge is 0.340 e. The first-order valence-electron chi connectivity index (χ1n) is 9.56. The fourth-order valence-corrected chi connectivity index (χ4v) is 4.42. The number of hydrogen-bond acceptors (Lipinski definition) is 5. The van der Waals surface area contributed by atoms with Crippen molar-refractivity contribution < 1.29 is 4.52 Å². The highest BCUT2D eigenvalue weighted by Gasteiger charge is 2.36. The molecule has 3 atom stereocenters. The minimum Gasteiger partial charge on any atom is -0.340 e. The third kappa shape index (κ3) is 4.23. The van der Waals surface area contributed by atoms with Gasteiger partial charge in [-0.2, -0.15) is 4.98 Å². The predicted molar refractivity (Wildman–Crippen MR) is 102 cm³/mol. The molecular formula is C20H31N5O. The molecule has 0 saturated heterocycles. The maximum absolute atomic E-state index is 5.60. The molecule has 0 aliphatic heterocycles. The van der Waals surface area contributed by atoms with Gasteiger partial charge >= 0.3 is 0 Å². The molecule has 0 amide bonds. The topological polar surface area (TPSA) is 68.8 Å². The summed E-state index contributed by atoms with van der Waals surface area (Å²) in [6.45, 7) is 8.85. The van der Waals surface area contributed by atoms with Gasteiger partial charge in [0.1, 0.15) is 0 Å². The summed E-state index contributed by atoms with van der Waals surface area (Å²) < 4.78 is 7.55. The van der Waals surface area contributed by atoms with E-state index in [1.54, 1.807) is 0 Å². The molecule has 2 heterocycles. The van der Waals surface area contributed by atoms with Crippen molar-refractivity contribution in [1.29, 1.82) is 0 Å². The van der Waals surface area contributed by atoms with Crippen LogP contribution in [0, 0.1) is 11.3 Å². The van der Waals surface area contributed by atoms with Crippen LogP contribution in [0.25, 0.3) is 0 Å². The molecule has 0 radical (unpaired) electrons. The molecule has 0 aromatic carbocycles. The maximum atomic E-state index is 5.60. The van der Waals surface area contributed by atoms with Crippen molar-refractivity contribution in [2.45, 2.75) is 58.4 Å². The van der Waals surface area contributed by atoms with E-state index >= 15 is 0 Å². The summed E-state index contributed by atoms with van der Waals surface area (Å²) >= 11 is 0. The Morgan fingerprint density at radius 2 is 2.31 bits per heavy atom. The Labute approximate surface area is 156 Å². The van der Waals surface area contributed by atoms with Crippen LogP contribution in [-0.4, -0.2) is 26.7 Å². The Balaban J connectivity index is 1.72. The van der Waals surface area contributed by atoms with Gasteiger partial charge in [-0.05, 0) is 44.1 Å². The second-order valence-corrected chi connectivity index (χ2v) is 8.10. The van der Waals surface area contributed by atoms with E-state index in [4.69, 9.17) is 9.51 Å². The fourth-order valence-electron chi connectivity index (χ4n) is 4.42. The van der Waals surface area contributed by atoms with Crippen LogP contribution in [0.1, 0.15) is 63.0 Å². The molecule has 26 heavy (non-hydrogen) atoms. The highest BCUT2D eigenvalue weighted by Crippen LogP contribution is 2.45. The fraction of sp³-hybridized carbons (Fsp3) is 0.650. The molecule has 6 heteroatoms. The van der Waals surface area contributed by atoms with Gasteiger partial charge in [0.15, 0.2) is 5.82 Å². The minimum atomic E-state index is -0.0241. The molecule has 2 aromatic rings. The van der Waals surface area contributed by atoms with Gasteiger partial charge in [0.2, 0.25) is 5.89 Å². The highest BCUT2D eigenvalue weighted by atomic mass is 16.5. The normalized spacial score (nSPS) is 24.8. The van der Waals surface area contributed by atoms with E-state index in [0.29, 0.717) is 11.8 Å². The molecule has 1 saturated carbocycles. The summed E-state index contributed by atoms with van der Waals surface area (Å²) in [5.74, 6) is 2.13. The lowest BCUT2D eigenvalue weighted by atomic mass is 9.65. The number of allylic oxidation sites excluding steroid dienone is 1. The number of imidazole rings is 1. The number of aryl methyl sites for hydroxylation is 1. The SMILES string of the molecule is C=C1CC(C)CC(CC)(Cc2noc(C(Cc3cn(C)cn3)NC)n2)C1. The average molecular weight is 358 g/mol. The monoisotopic (exact) mass is 357 g/mol. The van der Waals surface area contributed by atoms with E-state index in [1.165, 1.54) is 12.0 Å². The third-order valence-corrected chi connectivity index (χ3v) is 5.63. The zero-order valence-corrected chi connectivity index (χ0v) is 16.5. The quantitative estimate of drug-likeness (QED) is 0.767. The molecule has 1 aliphatic rings. The van der Waals surface area contributed by atoms with Gasteiger partial charge < -0.3 is 14.4 Å². The zero-order valence-electron chi connectivity index (χ0n) is 16.5. The number of aromatic nitrogens is 4. The van der Waals surface area contributed by atoms with Gasteiger partial charge in [0.05, 0.1) is 18.1 Å². The van der Waals surface area contributed by atoms with Crippen LogP contribution < -0.4 is 5.32 Å². The van der Waals surface area contributed by atoms with Crippen molar-refractivity contribution in [2.75, 3.05) is 7.05 Å². The van der Waals surface area contributed by atoms with Gasteiger partial charge in [0.25, 0.3) is 0 Å². The van der Waals surface area contributed by atoms with Crippen molar-refractivity contribution in [3.05, 3.63) is 42.1 Å². The summed E-state index contributed by atoms with van der Waals surface area (Å²) in [6, 6.07) is -0.0241. The lowest BCUT2D eigenvalue weighted by Gasteiger charge is -2.40. The molecule has 0 spiro atoms. The van der Waals surface area contributed by atoms with Gasteiger partial charge in [-0.3, -0.25) is 0 Å². The van der Waals surface area contributed by atoms with Crippen LogP contribution >= 0.6 is 0 Å².